The Balaban J connectivity index is 2.03. The van der Waals surface area contributed by atoms with Crippen LogP contribution in [0.25, 0.3) is 16.9 Å². The van der Waals surface area contributed by atoms with Crippen LogP contribution in [0.3, 0.4) is 0 Å². The second-order valence-corrected chi connectivity index (χ2v) is 6.51. The molecular weight excluding hydrogens is 364 g/mol. The molecule has 1 amide bonds. The van der Waals surface area contributed by atoms with Crippen LogP contribution in [0, 0.1) is 0 Å². The quantitative estimate of drug-likeness (QED) is 0.549. The topological polar surface area (TPSA) is 77.8 Å². The predicted octanol–water partition coefficient (Wildman–Crippen LogP) is 4.24. The van der Waals surface area contributed by atoms with Crippen molar-refractivity contribution in [2.24, 2.45) is 5.10 Å². The van der Waals surface area contributed by atoms with Crippen molar-refractivity contribution in [1.82, 2.24) is 15.3 Å². The van der Waals surface area contributed by atoms with E-state index in [0.29, 0.717) is 18.5 Å². The molecule has 6 heteroatoms. The smallest absolute Gasteiger partial charge is 0.211 e. The van der Waals surface area contributed by atoms with Crippen molar-refractivity contribution in [1.29, 1.82) is 0 Å². The number of aromatic nitrogens is 1. The monoisotopic (exact) mass is 388 g/mol. The van der Waals surface area contributed by atoms with Gasteiger partial charge in [0, 0.05) is 35.6 Å². The van der Waals surface area contributed by atoms with Gasteiger partial charge < -0.3 is 10.4 Å². The van der Waals surface area contributed by atoms with E-state index in [2.05, 4.69) is 16.9 Å². The Labute approximate surface area is 170 Å². The SMILES string of the molecule is C=C(O)c1cncc(-c2cccc(C3=NN(CC)C(=CCC)C(NC=O)=C3)c2)c1. The van der Waals surface area contributed by atoms with Crippen molar-refractivity contribution < 1.29 is 9.90 Å². The van der Waals surface area contributed by atoms with Gasteiger partial charge in [-0.15, -0.1) is 0 Å². The zero-order valence-corrected chi connectivity index (χ0v) is 16.6. The molecule has 0 saturated heterocycles. The first-order valence-corrected chi connectivity index (χ1v) is 9.50. The molecule has 1 aliphatic rings. The molecule has 1 aliphatic heterocycles. The van der Waals surface area contributed by atoms with Crippen molar-refractivity contribution in [3.8, 4) is 11.1 Å². The van der Waals surface area contributed by atoms with E-state index in [0.717, 1.165) is 40.2 Å². The number of likely N-dealkylation sites (N-methyl/N-ethyl adjacent to an activating group) is 1. The molecule has 6 nitrogen and oxygen atoms in total. The van der Waals surface area contributed by atoms with Crippen LogP contribution in [-0.2, 0) is 4.79 Å². The fourth-order valence-corrected chi connectivity index (χ4v) is 3.15. The van der Waals surface area contributed by atoms with Gasteiger partial charge in [-0.25, -0.2) is 0 Å². The zero-order chi connectivity index (χ0) is 20.8. The molecule has 2 aromatic rings. The number of allylic oxidation sites excluding steroid dienone is 2. The fraction of sp³-hybridized carbons (Fsp3) is 0.174. The van der Waals surface area contributed by atoms with Gasteiger partial charge >= 0.3 is 0 Å². The summed E-state index contributed by atoms with van der Waals surface area (Å²) in [6.45, 7) is 8.30. The van der Waals surface area contributed by atoms with E-state index >= 15 is 0 Å². The van der Waals surface area contributed by atoms with Gasteiger partial charge in [-0.1, -0.05) is 37.8 Å². The van der Waals surface area contributed by atoms with Crippen molar-refractivity contribution in [3.63, 3.8) is 0 Å². The molecule has 3 rings (SSSR count). The molecule has 1 aromatic heterocycles. The minimum Gasteiger partial charge on any atom is -0.508 e. The fourth-order valence-electron chi connectivity index (χ4n) is 3.15. The summed E-state index contributed by atoms with van der Waals surface area (Å²) in [5, 5.41) is 19.1. The molecule has 0 saturated carbocycles. The van der Waals surface area contributed by atoms with Gasteiger partial charge in [0.05, 0.1) is 17.1 Å². The van der Waals surface area contributed by atoms with E-state index in [9.17, 15) is 9.90 Å². The summed E-state index contributed by atoms with van der Waals surface area (Å²) < 4.78 is 0. The van der Waals surface area contributed by atoms with Crippen molar-refractivity contribution in [2.45, 2.75) is 20.3 Å². The number of hydrogen-bond acceptors (Lipinski definition) is 5. The Kier molecular flexibility index (Phi) is 6.24. The van der Waals surface area contributed by atoms with Gasteiger partial charge in [0.1, 0.15) is 5.76 Å². The van der Waals surface area contributed by atoms with E-state index in [1.165, 1.54) is 0 Å². The normalized spacial score (nSPS) is 15.0. The molecule has 0 atom stereocenters. The average molecular weight is 388 g/mol. The third-order valence-electron chi connectivity index (χ3n) is 4.54. The number of carbonyl (C=O) groups is 1. The second kappa shape index (κ2) is 9.01. The third-order valence-corrected chi connectivity index (χ3v) is 4.54. The molecule has 29 heavy (non-hydrogen) atoms. The van der Waals surface area contributed by atoms with Gasteiger partial charge in [0.25, 0.3) is 0 Å². The maximum absolute atomic E-state index is 11.1. The maximum Gasteiger partial charge on any atom is 0.211 e. The first-order valence-electron chi connectivity index (χ1n) is 9.50. The lowest BCUT2D eigenvalue weighted by molar-refractivity contribution is -0.108. The highest BCUT2D eigenvalue weighted by Crippen LogP contribution is 2.26. The van der Waals surface area contributed by atoms with E-state index in [1.807, 2.05) is 61.3 Å². The van der Waals surface area contributed by atoms with Gasteiger partial charge in [-0.2, -0.15) is 5.10 Å². The number of carbonyl (C=O) groups excluding carboxylic acids is 1. The van der Waals surface area contributed by atoms with Crippen LogP contribution in [0.1, 0.15) is 31.4 Å². The Hall–Kier alpha value is -3.67. The number of aliphatic hydroxyl groups excluding tert-OH is 1. The lowest BCUT2D eigenvalue weighted by Gasteiger charge is -2.27. The Morgan fingerprint density at radius 2 is 2.00 bits per heavy atom. The lowest BCUT2D eigenvalue weighted by Crippen LogP contribution is -2.29. The van der Waals surface area contributed by atoms with Crippen LogP contribution >= 0.6 is 0 Å². The molecular formula is C23H24N4O2. The predicted molar refractivity (Wildman–Crippen MR) is 116 cm³/mol. The summed E-state index contributed by atoms with van der Waals surface area (Å²) in [5.41, 5.74) is 5.66. The number of amides is 1. The summed E-state index contributed by atoms with van der Waals surface area (Å²) in [5.74, 6) is -0.0199. The van der Waals surface area contributed by atoms with E-state index in [-0.39, 0.29) is 5.76 Å². The van der Waals surface area contributed by atoms with Crippen LogP contribution < -0.4 is 5.32 Å². The molecule has 148 valence electrons. The van der Waals surface area contributed by atoms with Crippen molar-refractivity contribution >= 4 is 17.9 Å². The largest absolute Gasteiger partial charge is 0.508 e. The molecule has 2 N–H and O–H groups in total. The van der Waals surface area contributed by atoms with Crippen molar-refractivity contribution in [3.05, 3.63) is 84.0 Å². The minimum atomic E-state index is -0.0199. The summed E-state index contributed by atoms with van der Waals surface area (Å²) in [4.78, 5) is 15.3. The van der Waals surface area contributed by atoms with Crippen LogP contribution in [0.4, 0.5) is 0 Å². The second-order valence-electron chi connectivity index (χ2n) is 6.51. The first kappa shape index (κ1) is 20.1. The number of benzene rings is 1. The lowest BCUT2D eigenvalue weighted by atomic mass is 9.99. The Morgan fingerprint density at radius 3 is 2.69 bits per heavy atom. The third kappa shape index (κ3) is 4.43. The molecule has 0 unspecified atom stereocenters. The highest BCUT2D eigenvalue weighted by atomic mass is 16.3. The van der Waals surface area contributed by atoms with E-state index in [4.69, 9.17) is 5.10 Å². The number of aliphatic hydroxyl groups is 1. The van der Waals surface area contributed by atoms with Gasteiger partial charge in [0.2, 0.25) is 6.41 Å². The average Bonchev–Trinajstić information content (AvgIpc) is 2.75. The number of rotatable bonds is 7. The zero-order valence-electron chi connectivity index (χ0n) is 16.6. The molecule has 0 fully saturated rings. The van der Waals surface area contributed by atoms with Gasteiger partial charge in [0.15, 0.2) is 0 Å². The summed E-state index contributed by atoms with van der Waals surface area (Å²) in [7, 11) is 0. The first-order chi connectivity index (χ1) is 14.1. The molecule has 0 spiro atoms. The standard InChI is InChI=1S/C23H24N4O2/c1-4-7-23-22(25-15-28)12-21(26-27(23)5-2)18-9-6-8-17(10-18)20-11-19(16(3)29)13-24-14-20/h6-15,29H,3-5H2,1-2H3,(H,25,28). The summed E-state index contributed by atoms with van der Waals surface area (Å²) in [6.07, 6.45) is 8.75. The number of hydrazone groups is 1. The molecule has 0 radical (unpaired) electrons. The van der Waals surface area contributed by atoms with Gasteiger partial charge in [-0.3, -0.25) is 14.8 Å². The van der Waals surface area contributed by atoms with Crippen LogP contribution in [0.5, 0.6) is 0 Å². The Bertz CT molecular complexity index is 1020. The number of hydrogen-bond donors (Lipinski definition) is 2. The van der Waals surface area contributed by atoms with Crippen LogP contribution in [0.2, 0.25) is 0 Å². The molecule has 2 heterocycles. The molecule has 1 aromatic carbocycles. The summed E-state index contributed by atoms with van der Waals surface area (Å²) in [6, 6.07) is 9.75. The van der Waals surface area contributed by atoms with Crippen LogP contribution in [0.15, 0.2) is 78.0 Å². The Morgan fingerprint density at radius 1 is 1.21 bits per heavy atom. The van der Waals surface area contributed by atoms with Crippen molar-refractivity contribution in [2.75, 3.05) is 6.54 Å². The minimum absolute atomic E-state index is 0.0199. The molecule has 0 bridgehead atoms. The van der Waals surface area contributed by atoms with E-state index < -0.39 is 0 Å². The highest BCUT2D eigenvalue weighted by Gasteiger charge is 2.19. The number of nitrogens with zero attached hydrogens (tertiary/aromatic N) is 3. The van der Waals surface area contributed by atoms with Crippen LogP contribution in [-0.4, -0.2) is 33.8 Å². The van der Waals surface area contributed by atoms with Gasteiger partial charge in [-0.05, 0) is 37.1 Å². The number of pyridine rings is 1. The highest BCUT2D eigenvalue weighted by molar-refractivity contribution is 6.10. The molecule has 0 aliphatic carbocycles. The maximum atomic E-state index is 11.1. The summed E-state index contributed by atoms with van der Waals surface area (Å²) >= 11 is 0. The van der Waals surface area contributed by atoms with E-state index in [1.54, 1.807) is 12.4 Å². The number of nitrogens with one attached hydrogen (secondary N) is 1.